The Labute approximate surface area is 114 Å². The van der Waals surface area contributed by atoms with Gasteiger partial charge in [0.1, 0.15) is 0 Å². The van der Waals surface area contributed by atoms with Gasteiger partial charge in [0.2, 0.25) is 0 Å². The lowest BCUT2D eigenvalue weighted by atomic mass is 10.1. The number of thiocarbonyl (C=S) groups is 1. The van der Waals surface area contributed by atoms with Crippen molar-refractivity contribution >= 4 is 33.8 Å². The molecule has 100 valence electrons. The highest BCUT2D eigenvalue weighted by atomic mass is 32.1. The average Bonchev–Trinajstić information content (AvgIpc) is 2.33. The Kier molecular flexibility index (Phi) is 3.66. The molecule has 1 heterocycles. The highest BCUT2D eigenvalue weighted by Crippen LogP contribution is 2.16. The Hall–Kier alpha value is -2.15. The predicted octanol–water partition coefficient (Wildman–Crippen LogP) is 0.911. The van der Waals surface area contributed by atoms with Crippen LogP contribution in [0.25, 0.3) is 10.8 Å². The minimum absolute atomic E-state index is 0.177. The zero-order chi connectivity index (χ0) is 14.0. The van der Waals surface area contributed by atoms with Crippen molar-refractivity contribution in [1.29, 1.82) is 0 Å². The lowest BCUT2D eigenvalue weighted by Gasteiger charge is -2.14. The van der Waals surface area contributed by atoms with Crippen LogP contribution in [0.4, 0.5) is 5.69 Å². The molecule has 4 N–H and O–H groups in total. The minimum atomic E-state index is -0.370. The van der Waals surface area contributed by atoms with Crippen LogP contribution in [0.15, 0.2) is 27.8 Å². The number of nitrogens with one attached hydrogen (secondary N) is 4. The maximum atomic E-state index is 11.8. The van der Waals surface area contributed by atoms with Gasteiger partial charge in [-0.15, -0.1) is 0 Å². The number of benzene rings is 1. The van der Waals surface area contributed by atoms with E-state index >= 15 is 0 Å². The molecule has 1 aromatic heterocycles. The monoisotopic (exact) mass is 278 g/mol. The smallest absolute Gasteiger partial charge is 0.272 e. The summed E-state index contributed by atoms with van der Waals surface area (Å²) < 4.78 is 0. The summed E-state index contributed by atoms with van der Waals surface area (Å²) in [5, 5.41) is 11.5. The molecule has 1 aromatic carbocycles. The Bertz CT molecular complexity index is 732. The molecule has 0 radical (unpaired) electrons. The minimum Gasteiger partial charge on any atom is -0.360 e. The Morgan fingerprint density at radius 1 is 1.21 bits per heavy atom. The van der Waals surface area contributed by atoms with E-state index in [0.29, 0.717) is 21.6 Å². The molecule has 2 rings (SSSR count). The fraction of sp³-hybridized carbons (Fsp3) is 0.250. The first-order valence-corrected chi connectivity index (χ1v) is 6.21. The molecule has 0 aliphatic carbocycles. The molecule has 19 heavy (non-hydrogen) atoms. The molecule has 0 amide bonds. The molecule has 0 saturated carbocycles. The Balaban J connectivity index is 2.50. The molecule has 0 saturated heterocycles. The first-order chi connectivity index (χ1) is 8.99. The van der Waals surface area contributed by atoms with E-state index in [1.807, 2.05) is 13.8 Å². The van der Waals surface area contributed by atoms with Crippen molar-refractivity contribution in [1.82, 2.24) is 15.5 Å². The maximum absolute atomic E-state index is 11.8. The normalized spacial score (nSPS) is 10.7. The number of H-pyrrole nitrogens is 2. The van der Waals surface area contributed by atoms with E-state index in [9.17, 15) is 9.59 Å². The van der Waals surface area contributed by atoms with Gasteiger partial charge in [0, 0.05) is 6.04 Å². The third-order valence-electron chi connectivity index (χ3n) is 2.49. The molecular weight excluding hydrogens is 264 g/mol. The van der Waals surface area contributed by atoms with Gasteiger partial charge in [0.05, 0.1) is 16.5 Å². The SMILES string of the molecule is CC(C)NC(=S)Nc1cccc2c(=O)[nH][nH]c(=O)c12. The molecule has 6 nitrogen and oxygen atoms in total. The van der Waals surface area contributed by atoms with Crippen molar-refractivity contribution in [2.75, 3.05) is 5.32 Å². The van der Waals surface area contributed by atoms with Gasteiger partial charge < -0.3 is 10.6 Å². The standard InChI is InChI=1S/C12H14N4O2S/c1-6(2)13-12(19)14-8-5-3-4-7-9(8)11(18)16-15-10(7)17/h3-6H,1-2H3,(H,15,17)(H,16,18)(H2,13,14,19). The second-order valence-electron chi connectivity index (χ2n) is 4.39. The van der Waals surface area contributed by atoms with Crippen molar-refractivity contribution in [2.24, 2.45) is 0 Å². The van der Waals surface area contributed by atoms with Crippen LogP contribution in [0.2, 0.25) is 0 Å². The largest absolute Gasteiger partial charge is 0.360 e. The number of aromatic nitrogens is 2. The fourth-order valence-electron chi connectivity index (χ4n) is 1.75. The summed E-state index contributed by atoms with van der Waals surface area (Å²) in [6.07, 6.45) is 0. The lowest BCUT2D eigenvalue weighted by Crippen LogP contribution is -2.34. The molecule has 0 aliphatic heterocycles. The van der Waals surface area contributed by atoms with Gasteiger partial charge >= 0.3 is 0 Å². The molecule has 0 bridgehead atoms. The molecule has 0 unspecified atom stereocenters. The van der Waals surface area contributed by atoms with Gasteiger partial charge in [-0.1, -0.05) is 6.07 Å². The van der Waals surface area contributed by atoms with E-state index in [1.54, 1.807) is 18.2 Å². The van der Waals surface area contributed by atoms with E-state index in [1.165, 1.54) is 0 Å². The van der Waals surface area contributed by atoms with Crippen molar-refractivity contribution < 1.29 is 0 Å². The summed E-state index contributed by atoms with van der Waals surface area (Å²) >= 11 is 5.13. The predicted molar refractivity (Wildman–Crippen MR) is 79.7 cm³/mol. The molecule has 0 fully saturated rings. The van der Waals surface area contributed by atoms with Crippen LogP contribution in [-0.2, 0) is 0 Å². The average molecular weight is 278 g/mol. The summed E-state index contributed by atoms with van der Waals surface area (Å²) in [4.78, 5) is 23.5. The van der Waals surface area contributed by atoms with Crippen LogP contribution >= 0.6 is 12.2 Å². The number of hydrogen-bond donors (Lipinski definition) is 4. The Morgan fingerprint density at radius 3 is 2.58 bits per heavy atom. The zero-order valence-electron chi connectivity index (χ0n) is 10.5. The third kappa shape index (κ3) is 2.82. The summed E-state index contributed by atoms with van der Waals surface area (Å²) in [7, 11) is 0. The molecule has 0 spiro atoms. The molecule has 0 aliphatic rings. The van der Waals surface area contributed by atoms with Crippen LogP contribution < -0.4 is 21.8 Å². The second-order valence-corrected chi connectivity index (χ2v) is 4.80. The van der Waals surface area contributed by atoms with Crippen molar-refractivity contribution in [2.45, 2.75) is 19.9 Å². The molecule has 2 aromatic rings. The van der Waals surface area contributed by atoms with Gasteiger partial charge in [-0.05, 0) is 38.2 Å². The van der Waals surface area contributed by atoms with Crippen LogP contribution in [0, 0.1) is 0 Å². The van der Waals surface area contributed by atoms with Gasteiger partial charge in [-0.2, -0.15) is 0 Å². The molecule has 0 atom stereocenters. The quantitative estimate of drug-likeness (QED) is 0.613. The van der Waals surface area contributed by atoms with E-state index < -0.39 is 0 Å². The lowest BCUT2D eigenvalue weighted by molar-refractivity contribution is 0.739. The Morgan fingerprint density at radius 2 is 1.89 bits per heavy atom. The number of anilines is 1. The topological polar surface area (TPSA) is 89.8 Å². The van der Waals surface area contributed by atoms with Gasteiger partial charge in [0.25, 0.3) is 11.1 Å². The van der Waals surface area contributed by atoms with E-state index in [0.717, 1.165) is 0 Å². The summed E-state index contributed by atoms with van der Waals surface area (Å²) in [6.45, 7) is 3.91. The van der Waals surface area contributed by atoms with E-state index in [2.05, 4.69) is 20.8 Å². The van der Waals surface area contributed by atoms with Crippen LogP contribution in [0.3, 0.4) is 0 Å². The highest BCUT2D eigenvalue weighted by Gasteiger charge is 2.09. The van der Waals surface area contributed by atoms with Gasteiger partial charge in [-0.3, -0.25) is 19.8 Å². The first-order valence-electron chi connectivity index (χ1n) is 5.80. The third-order valence-corrected chi connectivity index (χ3v) is 2.71. The number of rotatable bonds is 2. The zero-order valence-corrected chi connectivity index (χ0v) is 11.4. The summed E-state index contributed by atoms with van der Waals surface area (Å²) in [5.74, 6) is 0. The fourth-order valence-corrected chi connectivity index (χ4v) is 2.10. The van der Waals surface area contributed by atoms with Crippen LogP contribution in [0.5, 0.6) is 0 Å². The van der Waals surface area contributed by atoms with Crippen molar-refractivity contribution in [3.63, 3.8) is 0 Å². The second kappa shape index (κ2) is 5.23. The summed E-state index contributed by atoms with van der Waals surface area (Å²) in [5.41, 5.74) is -0.214. The number of fused-ring (bicyclic) bond motifs is 1. The maximum Gasteiger partial charge on any atom is 0.272 e. The number of hydrogen-bond acceptors (Lipinski definition) is 3. The van der Waals surface area contributed by atoms with Gasteiger partial charge in [-0.25, -0.2) is 0 Å². The van der Waals surface area contributed by atoms with E-state index in [4.69, 9.17) is 12.2 Å². The summed E-state index contributed by atoms with van der Waals surface area (Å²) in [6, 6.07) is 5.16. The first kappa shape index (κ1) is 13.3. The highest BCUT2D eigenvalue weighted by molar-refractivity contribution is 7.80. The van der Waals surface area contributed by atoms with Crippen LogP contribution in [0.1, 0.15) is 13.8 Å². The van der Waals surface area contributed by atoms with Crippen LogP contribution in [-0.4, -0.2) is 21.4 Å². The van der Waals surface area contributed by atoms with Crippen molar-refractivity contribution in [3.8, 4) is 0 Å². The number of aromatic amines is 2. The van der Waals surface area contributed by atoms with E-state index in [-0.39, 0.29) is 17.2 Å². The molecule has 7 heteroatoms. The van der Waals surface area contributed by atoms with Crippen molar-refractivity contribution in [3.05, 3.63) is 38.9 Å². The molecular formula is C12H14N4O2S. The van der Waals surface area contributed by atoms with Gasteiger partial charge in [0.15, 0.2) is 5.11 Å².